The van der Waals surface area contributed by atoms with E-state index < -0.39 is 11.7 Å². The molecule has 5 rings (SSSR count). The van der Waals surface area contributed by atoms with E-state index in [1.165, 1.54) is 0 Å². The number of aryl methyl sites for hydroxylation is 1. The molecule has 2 heterocycles. The van der Waals surface area contributed by atoms with Crippen molar-refractivity contribution in [2.75, 3.05) is 0 Å². The predicted octanol–water partition coefficient (Wildman–Crippen LogP) is 5.20. The van der Waals surface area contributed by atoms with Gasteiger partial charge in [0.15, 0.2) is 5.82 Å². The molecule has 0 unspecified atom stereocenters. The van der Waals surface area contributed by atoms with Crippen molar-refractivity contribution >= 4 is 17.0 Å². The van der Waals surface area contributed by atoms with Gasteiger partial charge in [-0.05, 0) is 41.2 Å². The minimum absolute atomic E-state index is 0.233. The number of carboxylic acid groups (broad SMARTS) is 1. The highest BCUT2D eigenvalue weighted by atomic mass is 16.5. The van der Waals surface area contributed by atoms with Crippen LogP contribution in [0.1, 0.15) is 47.1 Å². The standard InChI is InChI=1S/C27H24N4O4/c1-2-3-8-22-28-23-18(13-14-21(26(32)33)24(23)29-22)15-16-9-11-17(12-10-16)19-6-4-5-7-20(19)25-30-27(34)35-31-25/h4-7,9-14H,2-3,8,15H2,1H3,(H,28,29)(H,32,33)(H,30,31,34). The van der Waals surface area contributed by atoms with Gasteiger partial charge in [-0.2, -0.15) is 0 Å². The first-order valence-corrected chi connectivity index (χ1v) is 11.5. The van der Waals surface area contributed by atoms with Gasteiger partial charge in [0.1, 0.15) is 5.82 Å². The number of aromatic nitrogens is 4. The van der Waals surface area contributed by atoms with Crippen LogP contribution >= 0.6 is 0 Å². The summed E-state index contributed by atoms with van der Waals surface area (Å²) in [6.07, 6.45) is 3.43. The van der Waals surface area contributed by atoms with Crippen LogP contribution in [0.2, 0.25) is 0 Å². The Bertz CT molecular complexity index is 1560. The molecule has 0 aliphatic carbocycles. The molecule has 3 aromatic carbocycles. The van der Waals surface area contributed by atoms with E-state index in [4.69, 9.17) is 4.98 Å². The largest absolute Gasteiger partial charge is 0.478 e. The lowest BCUT2D eigenvalue weighted by atomic mass is 9.96. The van der Waals surface area contributed by atoms with Crippen molar-refractivity contribution in [3.05, 3.63) is 93.7 Å². The van der Waals surface area contributed by atoms with Crippen LogP contribution in [-0.4, -0.2) is 31.2 Å². The minimum Gasteiger partial charge on any atom is -0.478 e. The number of carbonyl (C=O) groups is 1. The second kappa shape index (κ2) is 9.42. The number of benzene rings is 3. The zero-order chi connectivity index (χ0) is 24.4. The molecule has 0 spiro atoms. The van der Waals surface area contributed by atoms with E-state index in [0.717, 1.165) is 52.9 Å². The SMILES string of the molecule is CCCCc1nc2c(Cc3ccc(-c4ccccc4-c4noc(=O)[nH]4)cc3)ccc(C(=O)O)c2[nH]1. The molecule has 8 nitrogen and oxygen atoms in total. The fourth-order valence-electron chi connectivity index (χ4n) is 4.29. The van der Waals surface area contributed by atoms with Crippen molar-refractivity contribution in [2.24, 2.45) is 0 Å². The summed E-state index contributed by atoms with van der Waals surface area (Å²) in [5, 5.41) is 13.4. The lowest BCUT2D eigenvalue weighted by molar-refractivity contribution is 0.0699. The van der Waals surface area contributed by atoms with E-state index in [9.17, 15) is 14.7 Å². The van der Waals surface area contributed by atoms with Crippen molar-refractivity contribution in [2.45, 2.75) is 32.6 Å². The molecule has 0 fully saturated rings. The van der Waals surface area contributed by atoms with Gasteiger partial charge in [0.2, 0.25) is 0 Å². The number of unbranched alkanes of at least 4 members (excludes halogenated alkanes) is 1. The van der Waals surface area contributed by atoms with Gasteiger partial charge in [-0.25, -0.2) is 14.6 Å². The first-order valence-electron chi connectivity index (χ1n) is 11.5. The lowest BCUT2D eigenvalue weighted by Gasteiger charge is -2.09. The zero-order valence-corrected chi connectivity index (χ0v) is 19.2. The molecule has 0 aliphatic heterocycles. The number of aromatic carboxylic acids is 1. The Hall–Kier alpha value is -4.46. The number of aromatic amines is 2. The molecule has 0 radical (unpaired) electrons. The first-order chi connectivity index (χ1) is 17.0. The van der Waals surface area contributed by atoms with Gasteiger partial charge in [-0.15, -0.1) is 0 Å². The number of nitrogens with zero attached hydrogens (tertiary/aromatic N) is 2. The van der Waals surface area contributed by atoms with Crippen LogP contribution < -0.4 is 5.76 Å². The molecule has 2 aromatic heterocycles. The minimum atomic E-state index is -0.969. The number of hydrogen-bond donors (Lipinski definition) is 3. The fourth-order valence-corrected chi connectivity index (χ4v) is 4.29. The molecular formula is C27H24N4O4. The average molecular weight is 469 g/mol. The number of fused-ring (bicyclic) bond motifs is 1. The summed E-state index contributed by atoms with van der Waals surface area (Å²) < 4.78 is 4.67. The maximum absolute atomic E-state index is 11.7. The van der Waals surface area contributed by atoms with Crippen molar-refractivity contribution in [1.29, 1.82) is 0 Å². The van der Waals surface area contributed by atoms with E-state index in [-0.39, 0.29) is 5.56 Å². The van der Waals surface area contributed by atoms with Crippen molar-refractivity contribution in [1.82, 2.24) is 20.1 Å². The summed E-state index contributed by atoms with van der Waals surface area (Å²) in [4.78, 5) is 33.7. The number of hydrogen-bond acceptors (Lipinski definition) is 5. The Morgan fingerprint density at radius 3 is 2.46 bits per heavy atom. The summed E-state index contributed by atoms with van der Waals surface area (Å²) in [6, 6.07) is 19.3. The van der Waals surface area contributed by atoms with Crippen molar-refractivity contribution < 1.29 is 14.4 Å². The smallest absolute Gasteiger partial charge is 0.439 e. The Labute approximate surface area is 200 Å². The molecule has 176 valence electrons. The Kier molecular flexibility index (Phi) is 6.01. The van der Waals surface area contributed by atoms with Crippen molar-refractivity contribution in [3.8, 4) is 22.5 Å². The third-order valence-corrected chi connectivity index (χ3v) is 6.06. The second-order valence-corrected chi connectivity index (χ2v) is 8.45. The Balaban J connectivity index is 1.46. The summed E-state index contributed by atoms with van der Waals surface area (Å²) in [7, 11) is 0. The Morgan fingerprint density at radius 2 is 1.77 bits per heavy atom. The first kappa shape index (κ1) is 22.3. The third-order valence-electron chi connectivity index (χ3n) is 6.06. The van der Waals surface area contributed by atoms with Crippen molar-refractivity contribution in [3.63, 3.8) is 0 Å². The highest BCUT2D eigenvalue weighted by Crippen LogP contribution is 2.30. The molecule has 0 bridgehead atoms. The van der Waals surface area contributed by atoms with Crippen LogP contribution in [0.3, 0.4) is 0 Å². The maximum atomic E-state index is 11.7. The zero-order valence-electron chi connectivity index (χ0n) is 19.2. The number of carboxylic acids is 1. The molecular weight excluding hydrogens is 444 g/mol. The predicted molar refractivity (Wildman–Crippen MR) is 132 cm³/mol. The topological polar surface area (TPSA) is 125 Å². The van der Waals surface area contributed by atoms with Gasteiger partial charge in [-0.3, -0.25) is 9.51 Å². The van der Waals surface area contributed by atoms with Gasteiger partial charge in [0.05, 0.1) is 16.6 Å². The number of rotatable bonds is 8. The summed E-state index contributed by atoms with van der Waals surface area (Å²) in [5.41, 5.74) is 6.23. The molecule has 0 saturated carbocycles. The highest BCUT2D eigenvalue weighted by molar-refractivity contribution is 6.02. The van der Waals surface area contributed by atoms with Crippen LogP contribution in [0.5, 0.6) is 0 Å². The van der Waals surface area contributed by atoms with E-state index in [0.29, 0.717) is 23.3 Å². The Morgan fingerprint density at radius 1 is 1.00 bits per heavy atom. The quantitative estimate of drug-likeness (QED) is 0.287. The van der Waals surface area contributed by atoms with Crippen LogP contribution in [-0.2, 0) is 12.8 Å². The normalized spacial score (nSPS) is 11.2. The third kappa shape index (κ3) is 4.50. The van der Waals surface area contributed by atoms with Crippen LogP contribution in [0.4, 0.5) is 0 Å². The number of imidazole rings is 1. The van der Waals surface area contributed by atoms with Gasteiger partial charge in [0.25, 0.3) is 0 Å². The second-order valence-electron chi connectivity index (χ2n) is 8.45. The summed E-state index contributed by atoms with van der Waals surface area (Å²) in [5.74, 6) is -0.368. The van der Waals surface area contributed by atoms with Crippen LogP contribution in [0.25, 0.3) is 33.5 Å². The molecule has 3 N–H and O–H groups in total. The molecule has 35 heavy (non-hydrogen) atoms. The molecule has 5 aromatic rings. The van der Waals surface area contributed by atoms with E-state index in [1.807, 2.05) is 54.6 Å². The highest BCUT2D eigenvalue weighted by Gasteiger charge is 2.16. The molecule has 0 aliphatic rings. The van der Waals surface area contributed by atoms with Crippen LogP contribution in [0, 0.1) is 0 Å². The maximum Gasteiger partial charge on any atom is 0.439 e. The van der Waals surface area contributed by atoms with Gasteiger partial charge in [-0.1, -0.05) is 73.1 Å². The van der Waals surface area contributed by atoms with E-state index in [2.05, 4.69) is 26.6 Å². The molecule has 0 saturated heterocycles. The molecule has 0 amide bonds. The van der Waals surface area contributed by atoms with Gasteiger partial charge >= 0.3 is 11.7 Å². The number of nitrogens with one attached hydrogen (secondary N) is 2. The lowest BCUT2D eigenvalue weighted by Crippen LogP contribution is -1.99. The van der Waals surface area contributed by atoms with E-state index >= 15 is 0 Å². The fraction of sp³-hybridized carbons (Fsp3) is 0.185. The van der Waals surface area contributed by atoms with E-state index in [1.54, 1.807) is 6.07 Å². The number of H-pyrrole nitrogens is 2. The van der Waals surface area contributed by atoms with Gasteiger partial charge < -0.3 is 10.1 Å². The molecule has 0 atom stereocenters. The van der Waals surface area contributed by atoms with Crippen LogP contribution in [0.15, 0.2) is 70.0 Å². The average Bonchev–Trinajstić information content (AvgIpc) is 3.50. The summed E-state index contributed by atoms with van der Waals surface area (Å²) in [6.45, 7) is 2.11. The molecule has 8 heteroatoms. The monoisotopic (exact) mass is 468 g/mol. The summed E-state index contributed by atoms with van der Waals surface area (Å²) >= 11 is 0. The van der Waals surface area contributed by atoms with Gasteiger partial charge in [0, 0.05) is 12.0 Å².